The first-order valence-electron chi connectivity index (χ1n) is 6.56. The molecule has 2 rings (SSSR count). The second-order valence-electron chi connectivity index (χ2n) is 4.95. The summed E-state index contributed by atoms with van der Waals surface area (Å²) in [5.74, 6) is -0.0223. The van der Waals surface area contributed by atoms with Crippen LogP contribution in [0, 0.1) is 0 Å². The Bertz CT molecular complexity index is 454. The monoisotopic (exact) mass is 264 g/mol. The van der Waals surface area contributed by atoms with Gasteiger partial charge in [0.1, 0.15) is 0 Å². The topological polar surface area (TPSA) is 72.8 Å². The Kier molecular flexibility index (Phi) is 4.27. The van der Waals surface area contributed by atoms with Gasteiger partial charge in [-0.25, -0.2) is 0 Å². The standard InChI is InChI=1S/C14H20N2O3/c1-10(17)16-7-5-12(6-8-16)15-9-11-3-2-4-13(18)14(11)19/h2-4,12,15,18-19H,5-9H2,1H3. The zero-order chi connectivity index (χ0) is 13.8. The minimum absolute atomic E-state index is 0.0591. The summed E-state index contributed by atoms with van der Waals surface area (Å²) >= 11 is 0. The number of hydrogen-bond donors (Lipinski definition) is 3. The molecule has 104 valence electrons. The van der Waals surface area contributed by atoms with Crippen molar-refractivity contribution in [2.24, 2.45) is 0 Å². The molecule has 0 saturated carbocycles. The number of rotatable bonds is 3. The Balaban J connectivity index is 1.84. The van der Waals surface area contributed by atoms with Crippen molar-refractivity contribution in [1.82, 2.24) is 10.2 Å². The molecule has 1 aromatic carbocycles. The summed E-state index contributed by atoms with van der Waals surface area (Å²) in [7, 11) is 0. The molecule has 0 aliphatic carbocycles. The highest BCUT2D eigenvalue weighted by Crippen LogP contribution is 2.28. The normalized spacial score (nSPS) is 16.6. The summed E-state index contributed by atoms with van der Waals surface area (Å²) in [6.45, 7) is 3.67. The maximum atomic E-state index is 11.2. The lowest BCUT2D eigenvalue weighted by Gasteiger charge is -2.31. The van der Waals surface area contributed by atoms with Gasteiger partial charge in [0.2, 0.25) is 5.91 Å². The van der Waals surface area contributed by atoms with Crippen LogP contribution in [0.4, 0.5) is 0 Å². The maximum absolute atomic E-state index is 11.2. The van der Waals surface area contributed by atoms with E-state index in [9.17, 15) is 15.0 Å². The van der Waals surface area contributed by atoms with Gasteiger partial charge in [-0.05, 0) is 18.9 Å². The van der Waals surface area contributed by atoms with Crippen LogP contribution < -0.4 is 5.32 Å². The van der Waals surface area contributed by atoms with E-state index in [0.717, 1.165) is 25.9 Å². The lowest BCUT2D eigenvalue weighted by atomic mass is 10.0. The van der Waals surface area contributed by atoms with Crippen LogP contribution in [0.1, 0.15) is 25.3 Å². The molecule has 1 aromatic rings. The van der Waals surface area contributed by atoms with Crippen LogP contribution in [-0.2, 0) is 11.3 Å². The molecule has 0 unspecified atom stereocenters. The van der Waals surface area contributed by atoms with Gasteiger partial charge in [-0.15, -0.1) is 0 Å². The minimum atomic E-state index is -0.0919. The molecule has 1 heterocycles. The minimum Gasteiger partial charge on any atom is -0.504 e. The van der Waals surface area contributed by atoms with E-state index in [4.69, 9.17) is 0 Å². The smallest absolute Gasteiger partial charge is 0.219 e. The summed E-state index contributed by atoms with van der Waals surface area (Å²) in [6, 6.07) is 5.30. The highest BCUT2D eigenvalue weighted by atomic mass is 16.3. The van der Waals surface area contributed by atoms with Crippen LogP contribution in [-0.4, -0.2) is 40.2 Å². The number of amides is 1. The van der Waals surface area contributed by atoms with Crippen molar-refractivity contribution >= 4 is 5.91 Å². The SMILES string of the molecule is CC(=O)N1CCC(NCc2cccc(O)c2O)CC1. The van der Waals surface area contributed by atoms with Crippen molar-refractivity contribution < 1.29 is 15.0 Å². The second-order valence-corrected chi connectivity index (χ2v) is 4.95. The third kappa shape index (κ3) is 3.38. The van der Waals surface area contributed by atoms with Gasteiger partial charge < -0.3 is 20.4 Å². The quantitative estimate of drug-likeness (QED) is 0.717. The van der Waals surface area contributed by atoms with E-state index in [2.05, 4.69) is 5.32 Å². The van der Waals surface area contributed by atoms with Crippen molar-refractivity contribution in [3.05, 3.63) is 23.8 Å². The van der Waals surface area contributed by atoms with Crippen LogP contribution in [0.3, 0.4) is 0 Å². The lowest BCUT2D eigenvalue weighted by molar-refractivity contribution is -0.129. The number of aromatic hydroxyl groups is 2. The largest absolute Gasteiger partial charge is 0.504 e. The van der Waals surface area contributed by atoms with Crippen LogP contribution in [0.25, 0.3) is 0 Å². The number of nitrogens with zero attached hydrogens (tertiary/aromatic N) is 1. The first-order chi connectivity index (χ1) is 9.08. The molecular formula is C14H20N2O3. The van der Waals surface area contributed by atoms with Gasteiger partial charge in [-0.1, -0.05) is 12.1 Å². The molecule has 1 saturated heterocycles. The number of hydrogen-bond acceptors (Lipinski definition) is 4. The second kappa shape index (κ2) is 5.93. The molecule has 0 bridgehead atoms. The number of likely N-dealkylation sites (tertiary alicyclic amines) is 1. The molecule has 19 heavy (non-hydrogen) atoms. The van der Waals surface area contributed by atoms with Crippen molar-refractivity contribution in [1.29, 1.82) is 0 Å². The molecule has 0 radical (unpaired) electrons. The highest BCUT2D eigenvalue weighted by Gasteiger charge is 2.20. The van der Waals surface area contributed by atoms with E-state index in [1.165, 1.54) is 6.07 Å². The fourth-order valence-electron chi connectivity index (χ4n) is 2.37. The number of benzene rings is 1. The third-order valence-corrected chi connectivity index (χ3v) is 3.62. The maximum Gasteiger partial charge on any atom is 0.219 e. The van der Waals surface area contributed by atoms with Crippen LogP contribution in [0.15, 0.2) is 18.2 Å². The first kappa shape index (κ1) is 13.7. The van der Waals surface area contributed by atoms with Gasteiger partial charge in [0.15, 0.2) is 11.5 Å². The Labute approximate surface area is 112 Å². The Hall–Kier alpha value is -1.75. The number of para-hydroxylation sites is 1. The average molecular weight is 264 g/mol. The van der Waals surface area contributed by atoms with Crippen molar-refractivity contribution in [3.8, 4) is 11.5 Å². The lowest BCUT2D eigenvalue weighted by Crippen LogP contribution is -2.43. The molecule has 0 aromatic heterocycles. The Morgan fingerprint density at radius 2 is 2.05 bits per heavy atom. The van der Waals surface area contributed by atoms with E-state index in [1.54, 1.807) is 19.1 Å². The van der Waals surface area contributed by atoms with Gasteiger partial charge in [0.25, 0.3) is 0 Å². The zero-order valence-electron chi connectivity index (χ0n) is 11.1. The van der Waals surface area contributed by atoms with Crippen LogP contribution in [0.5, 0.6) is 11.5 Å². The fraction of sp³-hybridized carbons (Fsp3) is 0.500. The first-order valence-corrected chi connectivity index (χ1v) is 6.56. The van der Waals surface area contributed by atoms with E-state index in [0.29, 0.717) is 18.2 Å². The van der Waals surface area contributed by atoms with Crippen molar-refractivity contribution in [2.75, 3.05) is 13.1 Å². The molecule has 5 nitrogen and oxygen atoms in total. The number of nitrogens with one attached hydrogen (secondary N) is 1. The van der Waals surface area contributed by atoms with Gasteiger partial charge in [-0.2, -0.15) is 0 Å². The van der Waals surface area contributed by atoms with Gasteiger partial charge in [0.05, 0.1) is 0 Å². The molecule has 1 aliphatic rings. The van der Waals surface area contributed by atoms with Gasteiger partial charge in [-0.3, -0.25) is 4.79 Å². The van der Waals surface area contributed by atoms with E-state index >= 15 is 0 Å². The number of carbonyl (C=O) groups excluding carboxylic acids is 1. The number of piperidine rings is 1. The Morgan fingerprint density at radius 1 is 1.37 bits per heavy atom. The highest BCUT2D eigenvalue weighted by molar-refractivity contribution is 5.73. The number of phenols is 2. The molecule has 5 heteroatoms. The van der Waals surface area contributed by atoms with Crippen molar-refractivity contribution in [3.63, 3.8) is 0 Å². The molecule has 0 spiro atoms. The number of carbonyl (C=O) groups is 1. The summed E-state index contributed by atoms with van der Waals surface area (Å²) in [5.41, 5.74) is 0.689. The predicted octanol–water partition coefficient (Wildman–Crippen LogP) is 1.20. The zero-order valence-corrected chi connectivity index (χ0v) is 11.1. The van der Waals surface area contributed by atoms with Crippen molar-refractivity contribution in [2.45, 2.75) is 32.4 Å². The summed E-state index contributed by atoms with van der Waals surface area (Å²) in [6.07, 6.45) is 1.83. The number of phenolic OH excluding ortho intramolecular Hbond substituents is 2. The Morgan fingerprint density at radius 3 is 2.68 bits per heavy atom. The predicted molar refractivity (Wildman–Crippen MR) is 71.9 cm³/mol. The van der Waals surface area contributed by atoms with Gasteiger partial charge in [0, 0.05) is 38.2 Å². The van der Waals surface area contributed by atoms with Crippen LogP contribution >= 0.6 is 0 Å². The molecule has 3 N–H and O–H groups in total. The van der Waals surface area contributed by atoms with E-state index in [1.807, 2.05) is 4.90 Å². The average Bonchev–Trinajstić information content (AvgIpc) is 2.41. The molecule has 0 atom stereocenters. The molecule has 1 aliphatic heterocycles. The molecular weight excluding hydrogens is 244 g/mol. The summed E-state index contributed by atoms with van der Waals surface area (Å²) < 4.78 is 0. The van der Waals surface area contributed by atoms with E-state index < -0.39 is 0 Å². The summed E-state index contributed by atoms with van der Waals surface area (Å²) in [5, 5.41) is 22.5. The molecule has 1 amide bonds. The third-order valence-electron chi connectivity index (χ3n) is 3.62. The fourth-order valence-corrected chi connectivity index (χ4v) is 2.37. The van der Waals surface area contributed by atoms with Gasteiger partial charge >= 0.3 is 0 Å². The molecule has 1 fully saturated rings. The van der Waals surface area contributed by atoms with E-state index in [-0.39, 0.29) is 17.4 Å². The van der Waals surface area contributed by atoms with Crippen LogP contribution in [0.2, 0.25) is 0 Å². The summed E-state index contributed by atoms with van der Waals surface area (Å²) in [4.78, 5) is 13.1.